The van der Waals surface area contributed by atoms with Crippen LogP contribution in [0.15, 0.2) is 15.9 Å². The van der Waals surface area contributed by atoms with Crippen LogP contribution in [0, 0.1) is 6.92 Å². The van der Waals surface area contributed by atoms with Crippen LogP contribution in [0.4, 0.5) is 5.69 Å². The second-order valence-electron chi connectivity index (χ2n) is 5.40. The van der Waals surface area contributed by atoms with E-state index in [1.54, 1.807) is 11.3 Å². The van der Waals surface area contributed by atoms with Gasteiger partial charge in [-0.05, 0) is 61.3 Å². The Morgan fingerprint density at radius 1 is 1.30 bits per heavy atom. The van der Waals surface area contributed by atoms with Crippen molar-refractivity contribution in [2.24, 2.45) is 0 Å². The molecule has 2 aromatic heterocycles. The molecule has 0 aliphatic rings. The Balaban J connectivity index is 2.40. The first-order chi connectivity index (χ1) is 9.19. The smallest absolute Gasteiger partial charge is 0.351 e. The molecule has 0 bridgehead atoms. The molecule has 0 radical (unpaired) electrons. The van der Waals surface area contributed by atoms with Crippen LogP contribution in [-0.4, -0.2) is 11.6 Å². The van der Waals surface area contributed by atoms with Gasteiger partial charge in [0.2, 0.25) is 0 Å². The van der Waals surface area contributed by atoms with Gasteiger partial charge in [-0.2, -0.15) is 0 Å². The van der Waals surface area contributed by atoms with Gasteiger partial charge in [0.1, 0.15) is 10.5 Å². The lowest BCUT2D eigenvalue weighted by atomic mass is 10.2. The van der Waals surface area contributed by atoms with Crippen LogP contribution in [0.1, 0.15) is 36.0 Å². The van der Waals surface area contributed by atoms with Crippen molar-refractivity contribution in [3.8, 4) is 9.75 Å². The molecular weight excluding hydrogens is 358 g/mol. The van der Waals surface area contributed by atoms with E-state index in [2.05, 4.69) is 15.9 Å². The maximum absolute atomic E-state index is 12.2. The normalized spacial score (nSPS) is 11.7. The van der Waals surface area contributed by atoms with Crippen molar-refractivity contribution in [2.45, 2.75) is 33.3 Å². The van der Waals surface area contributed by atoms with Gasteiger partial charge in [0, 0.05) is 4.88 Å². The summed E-state index contributed by atoms with van der Waals surface area (Å²) in [5.41, 5.74) is 7.00. The number of hydrogen-bond acceptors (Lipinski definition) is 5. The van der Waals surface area contributed by atoms with Crippen LogP contribution in [0.5, 0.6) is 0 Å². The summed E-state index contributed by atoms with van der Waals surface area (Å²) in [6.45, 7) is 7.47. The highest BCUT2D eigenvalue weighted by atomic mass is 79.9. The topological polar surface area (TPSA) is 52.3 Å². The van der Waals surface area contributed by atoms with Gasteiger partial charge in [-0.1, -0.05) is 0 Å². The summed E-state index contributed by atoms with van der Waals surface area (Å²) in [4.78, 5) is 14.8. The van der Waals surface area contributed by atoms with Crippen molar-refractivity contribution in [1.29, 1.82) is 0 Å². The molecule has 0 aromatic carbocycles. The molecule has 0 aliphatic carbocycles. The molecular formula is C14H16BrNO2S2. The first kappa shape index (κ1) is 15.5. The molecule has 2 rings (SSSR count). The Labute approximate surface area is 134 Å². The second kappa shape index (κ2) is 5.50. The maximum Gasteiger partial charge on any atom is 0.351 e. The molecule has 6 heteroatoms. The molecule has 3 nitrogen and oxygen atoms in total. The molecule has 0 aliphatic heterocycles. The largest absolute Gasteiger partial charge is 0.456 e. The SMILES string of the molecule is Cc1c(-c2ccc(Br)s2)sc(C(=O)OC(C)(C)C)c1N. The molecule has 0 amide bonds. The van der Waals surface area contributed by atoms with E-state index in [-0.39, 0.29) is 5.97 Å². The molecule has 0 fully saturated rings. The summed E-state index contributed by atoms with van der Waals surface area (Å²) in [5, 5.41) is 0. The molecule has 0 saturated carbocycles. The van der Waals surface area contributed by atoms with Gasteiger partial charge >= 0.3 is 5.97 Å². The average Bonchev–Trinajstić information content (AvgIpc) is 2.83. The first-order valence-corrected chi connectivity index (χ1v) is 8.49. The van der Waals surface area contributed by atoms with E-state index in [1.807, 2.05) is 39.8 Å². The molecule has 20 heavy (non-hydrogen) atoms. The lowest BCUT2D eigenvalue weighted by molar-refractivity contribution is 0.00763. The zero-order valence-corrected chi connectivity index (χ0v) is 15.0. The number of hydrogen-bond donors (Lipinski definition) is 1. The number of ether oxygens (including phenoxy) is 1. The van der Waals surface area contributed by atoms with E-state index in [1.165, 1.54) is 11.3 Å². The predicted octanol–water partition coefficient (Wildman–Crippen LogP) is 5.09. The third-order valence-corrected chi connectivity index (χ3v) is 5.67. The van der Waals surface area contributed by atoms with E-state index in [0.29, 0.717) is 10.6 Å². The standard InChI is InChI=1S/C14H16BrNO2S2/c1-7-10(16)12(13(17)18-14(2,3)4)20-11(7)8-5-6-9(15)19-8/h5-6H,16H2,1-4H3. The fourth-order valence-corrected chi connectivity index (χ4v) is 4.33. The van der Waals surface area contributed by atoms with Crippen molar-refractivity contribution in [2.75, 3.05) is 5.73 Å². The zero-order chi connectivity index (χ0) is 15.1. The number of carbonyl (C=O) groups is 1. The maximum atomic E-state index is 12.2. The first-order valence-electron chi connectivity index (χ1n) is 6.07. The van der Waals surface area contributed by atoms with E-state index in [0.717, 1.165) is 19.1 Å². The molecule has 2 heterocycles. The highest BCUT2D eigenvalue weighted by molar-refractivity contribution is 9.11. The highest BCUT2D eigenvalue weighted by Crippen LogP contribution is 2.42. The fraction of sp³-hybridized carbons (Fsp3) is 0.357. The minimum Gasteiger partial charge on any atom is -0.456 e. The highest BCUT2D eigenvalue weighted by Gasteiger charge is 2.25. The Kier molecular flexibility index (Phi) is 4.27. The zero-order valence-electron chi connectivity index (χ0n) is 11.7. The van der Waals surface area contributed by atoms with E-state index in [9.17, 15) is 4.79 Å². The third kappa shape index (κ3) is 3.24. The van der Waals surface area contributed by atoms with Crippen LogP contribution < -0.4 is 5.73 Å². The van der Waals surface area contributed by atoms with Crippen LogP contribution in [0.25, 0.3) is 9.75 Å². The number of rotatable bonds is 2. The monoisotopic (exact) mass is 373 g/mol. The Bertz CT molecular complexity index is 653. The van der Waals surface area contributed by atoms with E-state index >= 15 is 0 Å². The summed E-state index contributed by atoms with van der Waals surface area (Å²) in [6, 6.07) is 4.01. The summed E-state index contributed by atoms with van der Waals surface area (Å²) in [5.74, 6) is -0.357. The lowest BCUT2D eigenvalue weighted by Crippen LogP contribution is -2.23. The quantitative estimate of drug-likeness (QED) is 0.746. The van der Waals surface area contributed by atoms with Crippen LogP contribution >= 0.6 is 38.6 Å². The molecule has 2 aromatic rings. The van der Waals surface area contributed by atoms with E-state index in [4.69, 9.17) is 10.5 Å². The van der Waals surface area contributed by atoms with Crippen molar-refractivity contribution in [3.05, 3.63) is 26.4 Å². The number of nitrogens with two attached hydrogens (primary N) is 1. The van der Waals surface area contributed by atoms with Crippen LogP contribution in [0.3, 0.4) is 0 Å². The summed E-state index contributed by atoms with van der Waals surface area (Å²) in [6.07, 6.45) is 0. The van der Waals surface area contributed by atoms with E-state index < -0.39 is 5.60 Å². The van der Waals surface area contributed by atoms with Crippen LogP contribution in [0.2, 0.25) is 0 Å². The van der Waals surface area contributed by atoms with Gasteiger partial charge < -0.3 is 10.5 Å². The molecule has 2 N–H and O–H groups in total. The minimum absolute atomic E-state index is 0.357. The number of anilines is 1. The van der Waals surface area contributed by atoms with Gasteiger partial charge in [0.15, 0.2) is 0 Å². The van der Waals surface area contributed by atoms with Crippen LogP contribution in [-0.2, 0) is 4.74 Å². The second-order valence-corrected chi connectivity index (χ2v) is 8.89. The molecule has 0 spiro atoms. The van der Waals surface area contributed by atoms with Gasteiger partial charge in [0.05, 0.1) is 14.4 Å². The van der Waals surface area contributed by atoms with Gasteiger partial charge in [0.25, 0.3) is 0 Å². The minimum atomic E-state index is -0.520. The Hall–Kier alpha value is -0.850. The van der Waals surface area contributed by atoms with Crippen molar-refractivity contribution >= 4 is 50.3 Å². The fourth-order valence-electron chi connectivity index (χ4n) is 1.67. The third-order valence-electron chi connectivity index (χ3n) is 2.57. The van der Waals surface area contributed by atoms with Gasteiger partial charge in [-0.15, -0.1) is 22.7 Å². The Morgan fingerprint density at radius 2 is 1.95 bits per heavy atom. The molecule has 108 valence electrons. The Morgan fingerprint density at radius 3 is 2.45 bits per heavy atom. The molecule has 0 atom stereocenters. The number of esters is 1. The number of nitrogen functional groups attached to an aromatic ring is 1. The number of carbonyl (C=O) groups excluding carboxylic acids is 1. The summed E-state index contributed by atoms with van der Waals surface area (Å²) in [7, 11) is 0. The average molecular weight is 374 g/mol. The van der Waals surface area contributed by atoms with Gasteiger partial charge in [-0.3, -0.25) is 0 Å². The van der Waals surface area contributed by atoms with Crippen molar-refractivity contribution in [1.82, 2.24) is 0 Å². The van der Waals surface area contributed by atoms with Gasteiger partial charge in [-0.25, -0.2) is 4.79 Å². The molecule has 0 unspecified atom stereocenters. The summed E-state index contributed by atoms with van der Waals surface area (Å²) < 4.78 is 6.45. The lowest BCUT2D eigenvalue weighted by Gasteiger charge is -2.19. The predicted molar refractivity (Wildman–Crippen MR) is 89.6 cm³/mol. The molecule has 0 saturated heterocycles. The van der Waals surface area contributed by atoms with Crippen molar-refractivity contribution in [3.63, 3.8) is 0 Å². The number of thiophene rings is 2. The number of halogens is 1. The summed E-state index contributed by atoms with van der Waals surface area (Å²) >= 11 is 6.46. The van der Waals surface area contributed by atoms with Crippen molar-refractivity contribution < 1.29 is 9.53 Å².